The van der Waals surface area contributed by atoms with Gasteiger partial charge in [-0.1, -0.05) is 0 Å². The largest absolute Gasteiger partial charge is 0.497 e. The van der Waals surface area contributed by atoms with Crippen LogP contribution >= 0.6 is 0 Å². The summed E-state index contributed by atoms with van der Waals surface area (Å²) in [5.41, 5.74) is 3.19. The zero-order chi connectivity index (χ0) is 19.9. The van der Waals surface area contributed by atoms with Gasteiger partial charge in [-0.15, -0.1) is 0 Å². The zero-order valence-corrected chi connectivity index (χ0v) is 15.4. The van der Waals surface area contributed by atoms with Gasteiger partial charge in [-0.05, 0) is 35.9 Å². The molecule has 2 amide bonds. The highest BCUT2D eigenvalue weighted by Gasteiger charge is 2.16. The van der Waals surface area contributed by atoms with Gasteiger partial charge in [0.2, 0.25) is 0 Å². The van der Waals surface area contributed by atoms with Gasteiger partial charge >= 0.3 is 11.8 Å². The van der Waals surface area contributed by atoms with E-state index in [0.29, 0.717) is 47.5 Å². The molecule has 0 atom stereocenters. The number of rotatable bonds is 5. The smallest absolute Gasteiger partial charge is 0.329 e. The quantitative estimate of drug-likeness (QED) is 0.460. The zero-order valence-electron chi connectivity index (χ0n) is 15.4. The van der Waals surface area contributed by atoms with Crippen molar-refractivity contribution in [1.82, 2.24) is 5.43 Å². The second kappa shape index (κ2) is 8.76. The number of hydrogen-bond donors (Lipinski definition) is 2. The summed E-state index contributed by atoms with van der Waals surface area (Å²) in [7, 11) is 2.96. The standard InChI is InChI=1S/C19H19N3O6/c1-25-13-4-5-14(16(10-13)26-2)21-18(23)19(24)22-20-11-12-3-6-15-17(9-12)28-8-7-27-15/h3-6,9-11H,7-8H2,1-2H3,(H,21,23)(H,22,24)/b20-11-. The van der Waals surface area contributed by atoms with Crippen LogP contribution in [0.2, 0.25) is 0 Å². The Labute approximate surface area is 161 Å². The Morgan fingerprint density at radius 3 is 2.54 bits per heavy atom. The fourth-order valence-electron chi connectivity index (χ4n) is 2.44. The highest BCUT2D eigenvalue weighted by atomic mass is 16.6. The number of nitrogens with one attached hydrogen (secondary N) is 2. The molecule has 0 spiro atoms. The van der Waals surface area contributed by atoms with E-state index >= 15 is 0 Å². The van der Waals surface area contributed by atoms with Crippen molar-refractivity contribution in [3.8, 4) is 23.0 Å². The Balaban J connectivity index is 1.59. The number of hydrazone groups is 1. The van der Waals surface area contributed by atoms with Gasteiger partial charge < -0.3 is 24.3 Å². The minimum absolute atomic E-state index is 0.333. The summed E-state index contributed by atoms with van der Waals surface area (Å²) in [4.78, 5) is 24.0. The third-order valence-corrected chi connectivity index (χ3v) is 3.81. The van der Waals surface area contributed by atoms with E-state index in [9.17, 15) is 9.59 Å². The summed E-state index contributed by atoms with van der Waals surface area (Å²) in [5, 5.41) is 6.25. The van der Waals surface area contributed by atoms with E-state index < -0.39 is 11.8 Å². The van der Waals surface area contributed by atoms with Crippen LogP contribution in [0.1, 0.15) is 5.56 Å². The molecule has 0 saturated carbocycles. The lowest BCUT2D eigenvalue weighted by Gasteiger charge is -2.18. The lowest BCUT2D eigenvalue weighted by molar-refractivity contribution is -0.136. The monoisotopic (exact) mass is 385 g/mol. The first-order chi connectivity index (χ1) is 13.6. The SMILES string of the molecule is COc1ccc(NC(=O)C(=O)N/N=C\c2ccc3c(c2)OCCO3)c(OC)c1. The molecule has 0 aliphatic carbocycles. The van der Waals surface area contributed by atoms with Gasteiger partial charge in [0.1, 0.15) is 24.7 Å². The van der Waals surface area contributed by atoms with Gasteiger partial charge in [-0.2, -0.15) is 5.10 Å². The second-order valence-electron chi connectivity index (χ2n) is 5.62. The first-order valence-electron chi connectivity index (χ1n) is 8.37. The van der Waals surface area contributed by atoms with Gasteiger partial charge in [0, 0.05) is 6.07 Å². The number of hydrogen-bond acceptors (Lipinski definition) is 7. The van der Waals surface area contributed by atoms with Crippen LogP contribution in [0.3, 0.4) is 0 Å². The number of fused-ring (bicyclic) bond motifs is 1. The van der Waals surface area contributed by atoms with Crippen molar-refractivity contribution in [2.24, 2.45) is 5.10 Å². The van der Waals surface area contributed by atoms with Crippen LogP contribution < -0.4 is 29.7 Å². The van der Waals surface area contributed by atoms with Gasteiger partial charge in [0.25, 0.3) is 0 Å². The topological polar surface area (TPSA) is 107 Å². The van der Waals surface area contributed by atoms with E-state index in [2.05, 4.69) is 15.8 Å². The molecule has 1 aliphatic heterocycles. The van der Waals surface area contributed by atoms with Crippen molar-refractivity contribution in [3.05, 3.63) is 42.0 Å². The number of amides is 2. The Bertz CT molecular complexity index is 913. The molecule has 0 aromatic heterocycles. The third-order valence-electron chi connectivity index (χ3n) is 3.81. The molecular weight excluding hydrogens is 366 g/mol. The Kier molecular flexibility index (Phi) is 5.95. The molecule has 2 N–H and O–H groups in total. The highest BCUT2D eigenvalue weighted by Crippen LogP contribution is 2.30. The van der Waals surface area contributed by atoms with Crippen LogP contribution in [0.25, 0.3) is 0 Å². The normalized spacial score (nSPS) is 12.4. The molecule has 0 radical (unpaired) electrons. The number of nitrogens with zero attached hydrogens (tertiary/aromatic N) is 1. The van der Waals surface area contributed by atoms with Crippen molar-refractivity contribution in [2.45, 2.75) is 0 Å². The Morgan fingerprint density at radius 1 is 1.00 bits per heavy atom. The molecule has 9 nitrogen and oxygen atoms in total. The fourth-order valence-corrected chi connectivity index (χ4v) is 2.44. The number of methoxy groups -OCH3 is 2. The van der Waals surface area contributed by atoms with Crippen molar-refractivity contribution in [3.63, 3.8) is 0 Å². The number of benzene rings is 2. The van der Waals surface area contributed by atoms with E-state index in [4.69, 9.17) is 18.9 Å². The molecule has 0 fully saturated rings. The van der Waals surface area contributed by atoms with Crippen LogP contribution in [-0.2, 0) is 9.59 Å². The van der Waals surface area contributed by atoms with Gasteiger partial charge in [0.05, 0.1) is 26.1 Å². The molecule has 28 heavy (non-hydrogen) atoms. The van der Waals surface area contributed by atoms with Crippen molar-refractivity contribution in [1.29, 1.82) is 0 Å². The molecule has 1 heterocycles. The van der Waals surface area contributed by atoms with Crippen LogP contribution in [-0.4, -0.2) is 45.5 Å². The predicted octanol–water partition coefficient (Wildman–Crippen LogP) is 1.56. The van der Waals surface area contributed by atoms with Crippen molar-refractivity contribution in [2.75, 3.05) is 32.8 Å². The summed E-state index contributed by atoms with van der Waals surface area (Å²) < 4.78 is 21.2. The van der Waals surface area contributed by atoms with Gasteiger partial charge in [0.15, 0.2) is 11.5 Å². The van der Waals surface area contributed by atoms with Crippen molar-refractivity contribution >= 4 is 23.7 Å². The molecule has 146 valence electrons. The van der Waals surface area contributed by atoms with Crippen LogP contribution in [0.15, 0.2) is 41.5 Å². The molecule has 0 bridgehead atoms. The summed E-state index contributed by atoms with van der Waals surface area (Å²) in [5.74, 6) is 0.365. The first-order valence-corrected chi connectivity index (χ1v) is 8.37. The van der Waals surface area contributed by atoms with E-state index in [-0.39, 0.29) is 0 Å². The lowest BCUT2D eigenvalue weighted by atomic mass is 10.2. The summed E-state index contributed by atoms with van der Waals surface area (Å²) in [6.45, 7) is 0.976. The molecular formula is C19H19N3O6. The molecule has 2 aromatic carbocycles. The average Bonchev–Trinajstić information content (AvgIpc) is 2.73. The minimum Gasteiger partial charge on any atom is -0.497 e. The molecule has 3 rings (SSSR count). The first kappa shape index (κ1) is 19.0. The van der Waals surface area contributed by atoms with Crippen LogP contribution in [0.4, 0.5) is 5.69 Å². The number of carbonyl (C=O) groups is 2. The van der Waals surface area contributed by atoms with E-state index in [1.807, 2.05) is 0 Å². The summed E-state index contributed by atoms with van der Waals surface area (Å²) >= 11 is 0. The number of anilines is 1. The van der Waals surface area contributed by atoms with E-state index in [0.717, 1.165) is 0 Å². The van der Waals surface area contributed by atoms with E-state index in [1.165, 1.54) is 20.4 Å². The minimum atomic E-state index is -0.924. The summed E-state index contributed by atoms with van der Waals surface area (Å²) in [6, 6.07) is 10.0. The maximum absolute atomic E-state index is 12.0. The molecule has 9 heteroatoms. The molecule has 2 aromatic rings. The molecule has 1 aliphatic rings. The maximum atomic E-state index is 12.0. The van der Waals surface area contributed by atoms with Crippen LogP contribution in [0, 0.1) is 0 Å². The maximum Gasteiger partial charge on any atom is 0.329 e. The molecule has 0 saturated heterocycles. The van der Waals surface area contributed by atoms with Gasteiger partial charge in [-0.25, -0.2) is 5.43 Å². The fraction of sp³-hybridized carbons (Fsp3) is 0.211. The number of ether oxygens (including phenoxy) is 4. The third kappa shape index (κ3) is 4.50. The Morgan fingerprint density at radius 2 is 1.79 bits per heavy atom. The Hall–Kier alpha value is -3.75. The van der Waals surface area contributed by atoms with Crippen molar-refractivity contribution < 1.29 is 28.5 Å². The highest BCUT2D eigenvalue weighted by molar-refractivity contribution is 6.39. The number of carbonyl (C=O) groups excluding carboxylic acids is 2. The van der Waals surface area contributed by atoms with Gasteiger partial charge in [-0.3, -0.25) is 9.59 Å². The summed E-state index contributed by atoms with van der Waals surface area (Å²) in [6.07, 6.45) is 1.40. The van der Waals surface area contributed by atoms with Crippen LogP contribution in [0.5, 0.6) is 23.0 Å². The predicted molar refractivity (Wildman–Crippen MR) is 101 cm³/mol. The average molecular weight is 385 g/mol. The van der Waals surface area contributed by atoms with E-state index in [1.54, 1.807) is 36.4 Å². The second-order valence-corrected chi connectivity index (χ2v) is 5.62. The molecule has 0 unspecified atom stereocenters. The lowest BCUT2D eigenvalue weighted by Crippen LogP contribution is -2.32.